The van der Waals surface area contributed by atoms with Crippen LogP contribution in [0.2, 0.25) is 0 Å². The van der Waals surface area contributed by atoms with Crippen LogP contribution in [0.5, 0.6) is 0 Å². The van der Waals surface area contributed by atoms with Crippen molar-refractivity contribution in [3.63, 3.8) is 0 Å². The van der Waals surface area contributed by atoms with Crippen molar-refractivity contribution in [1.29, 1.82) is 0 Å². The third-order valence-corrected chi connectivity index (χ3v) is 7.66. The van der Waals surface area contributed by atoms with E-state index in [0.717, 1.165) is 33.2 Å². The molecule has 5 aromatic rings. The van der Waals surface area contributed by atoms with Crippen LogP contribution in [0.15, 0.2) is 113 Å². The zero-order valence-corrected chi connectivity index (χ0v) is 19.3. The minimum atomic E-state index is -3.88. The summed E-state index contributed by atoms with van der Waals surface area (Å²) in [4.78, 5) is 5.38. The second-order valence-corrected chi connectivity index (χ2v) is 10.1. The van der Waals surface area contributed by atoms with Crippen LogP contribution in [0, 0.1) is 13.8 Å². The first-order chi connectivity index (χ1) is 15.9. The number of rotatable bonds is 4. The Hall–Kier alpha value is -3.76. The quantitative estimate of drug-likeness (QED) is 0.296. The van der Waals surface area contributed by atoms with Gasteiger partial charge in [-0.05, 0) is 37.6 Å². The van der Waals surface area contributed by atoms with Gasteiger partial charge in [-0.2, -0.15) is 0 Å². The second kappa shape index (κ2) is 8.30. The summed E-state index contributed by atoms with van der Waals surface area (Å²) < 4.78 is 28.4. The van der Waals surface area contributed by atoms with Crippen molar-refractivity contribution in [3.8, 4) is 22.4 Å². The van der Waals surface area contributed by atoms with Gasteiger partial charge in [0.2, 0.25) is 9.84 Å². The zero-order chi connectivity index (χ0) is 23.0. The van der Waals surface area contributed by atoms with Crippen molar-refractivity contribution < 1.29 is 8.42 Å². The van der Waals surface area contributed by atoms with Crippen LogP contribution < -0.4 is 0 Å². The van der Waals surface area contributed by atoms with Crippen LogP contribution >= 0.6 is 0 Å². The summed E-state index contributed by atoms with van der Waals surface area (Å²) in [5.74, 6) is 0. The number of aryl methyl sites for hydroxylation is 2. The number of aromatic nitrogens is 1. The van der Waals surface area contributed by atoms with Crippen molar-refractivity contribution in [2.24, 2.45) is 0 Å². The predicted molar refractivity (Wildman–Crippen MR) is 134 cm³/mol. The molecule has 0 aliphatic rings. The molecule has 1 heterocycles. The molecule has 0 N–H and O–H groups in total. The molecule has 162 valence electrons. The Kier molecular flexibility index (Phi) is 5.31. The van der Waals surface area contributed by atoms with Gasteiger partial charge in [-0.15, -0.1) is 0 Å². The van der Waals surface area contributed by atoms with E-state index in [2.05, 4.69) is 0 Å². The molecule has 1 aromatic heterocycles. The zero-order valence-electron chi connectivity index (χ0n) is 18.5. The van der Waals surface area contributed by atoms with E-state index in [1.807, 2.05) is 105 Å². The number of pyridine rings is 1. The van der Waals surface area contributed by atoms with Crippen LogP contribution in [0.25, 0.3) is 33.3 Å². The van der Waals surface area contributed by atoms with Gasteiger partial charge in [0.1, 0.15) is 4.90 Å². The Morgan fingerprint density at radius 1 is 0.606 bits per heavy atom. The number of nitrogens with zero attached hydrogens (tertiary/aromatic N) is 1. The lowest BCUT2D eigenvalue weighted by Crippen LogP contribution is -2.09. The van der Waals surface area contributed by atoms with Gasteiger partial charge in [0, 0.05) is 16.5 Å². The van der Waals surface area contributed by atoms with Gasteiger partial charge >= 0.3 is 0 Å². The van der Waals surface area contributed by atoms with Gasteiger partial charge in [-0.3, -0.25) is 0 Å². The van der Waals surface area contributed by atoms with E-state index in [1.165, 1.54) is 0 Å². The lowest BCUT2D eigenvalue weighted by molar-refractivity contribution is 0.596. The van der Waals surface area contributed by atoms with E-state index >= 15 is 0 Å². The molecule has 0 aliphatic carbocycles. The number of hydrogen-bond acceptors (Lipinski definition) is 3. The van der Waals surface area contributed by atoms with Gasteiger partial charge in [-0.1, -0.05) is 96.1 Å². The summed E-state index contributed by atoms with van der Waals surface area (Å²) in [5, 5.41) is 0.812. The molecule has 0 radical (unpaired) electrons. The monoisotopic (exact) mass is 449 g/mol. The molecule has 4 heteroatoms. The first-order valence-electron chi connectivity index (χ1n) is 10.8. The molecule has 0 fully saturated rings. The lowest BCUT2D eigenvalue weighted by atomic mass is 9.97. The normalized spacial score (nSPS) is 11.6. The summed E-state index contributed by atoms with van der Waals surface area (Å²) in [7, 11) is -3.88. The molecule has 0 spiro atoms. The molecule has 0 bridgehead atoms. The van der Waals surface area contributed by atoms with E-state index in [0.29, 0.717) is 11.3 Å². The van der Waals surface area contributed by atoms with E-state index in [9.17, 15) is 8.42 Å². The highest BCUT2D eigenvalue weighted by atomic mass is 32.2. The SMILES string of the molecule is Cc1ccc(-c2c(S(=O)(=O)c3ccc(C)cc3)c(-c3ccccc3)nc3ccccc23)cc1. The average molecular weight is 450 g/mol. The van der Waals surface area contributed by atoms with Crippen molar-refractivity contribution >= 4 is 20.7 Å². The Bertz CT molecular complexity index is 1550. The van der Waals surface area contributed by atoms with Crippen molar-refractivity contribution in [1.82, 2.24) is 4.98 Å². The molecule has 33 heavy (non-hydrogen) atoms. The van der Waals surface area contributed by atoms with Crippen LogP contribution in [-0.4, -0.2) is 13.4 Å². The second-order valence-electron chi connectivity index (χ2n) is 8.23. The summed E-state index contributed by atoms with van der Waals surface area (Å²) in [5.41, 5.74) is 5.64. The molecule has 0 unspecified atom stereocenters. The fourth-order valence-corrected chi connectivity index (χ4v) is 5.73. The third-order valence-electron chi connectivity index (χ3n) is 5.84. The Balaban J connectivity index is 1.96. The van der Waals surface area contributed by atoms with E-state index in [4.69, 9.17) is 4.98 Å². The first kappa shape index (κ1) is 21.1. The summed E-state index contributed by atoms with van der Waals surface area (Å²) in [6, 6.07) is 32.3. The Morgan fingerprint density at radius 3 is 1.85 bits per heavy atom. The summed E-state index contributed by atoms with van der Waals surface area (Å²) in [6.45, 7) is 3.97. The van der Waals surface area contributed by atoms with Crippen LogP contribution in [0.4, 0.5) is 0 Å². The Morgan fingerprint density at radius 2 is 1.18 bits per heavy atom. The third kappa shape index (κ3) is 3.83. The van der Waals surface area contributed by atoms with Crippen molar-refractivity contribution in [2.75, 3.05) is 0 Å². The van der Waals surface area contributed by atoms with E-state index in [1.54, 1.807) is 12.1 Å². The summed E-state index contributed by atoms with van der Waals surface area (Å²) >= 11 is 0. The van der Waals surface area contributed by atoms with Gasteiger partial charge in [0.05, 0.1) is 16.1 Å². The van der Waals surface area contributed by atoms with E-state index < -0.39 is 9.84 Å². The smallest absolute Gasteiger partial charge is 0.209 e. The van der Waals surface area contributed by atoms with Crippen LogP contribution in [0.3, 0.4) is 0 Å². The largest absolute Gasteiger partial charge is 0.246 e. The predicted octanol–water partition coefficient (Wildman–Crippen LogP) is 7.02. The van der Waals surface area contributed by atoms with Gasteiger partial charge in [-0.25, -0.2) is 13.4 Å². The van der Waals surface area contributed by atoms with Crippen molar-refractivity contribution in [2.45, 2.75) is 23.6 Å². The number of sulfone groups is 1. The molecule has 4 aromatic carbocycles. The molecule has 3 nitrogen and oxygen atoms in total. The fraction of sp³-hybridized carbons (Fsp3) is 0.0690. The van der Waals surface area contributed by atoms with E-state index in [-0.39, 0.29) is 9.79 Å². The maximum atomic E-state index is 14.2. The molecule has 0 amide bonds. The van der Waals surface area contributed by atoms with Crippen LogP contribution in [-0.2, 0) is 9.84 Å². The lowest BCUT2D eigenvalue weighted by Gasteiger charge is -2.18. The highest BCUT2D eigenvalue weighted by molar-refractivity contribution is 7.91. The highest BCUT2D eigenvalue weighted by Gasteiger charge is 2.29. The average Bonchev–Trinajstić information content (AvgIpc) is 2.84. The number of benzene rings is 4. The molecule has 0 saturated carbocycles. The standard InChI is InChI=1S/C29H23NO2S/c1-20-12-16-22(17-13-20)27-25-10-6-7-11-26(25)30-28(23-8-4-3-5-9-23)29(27)33(31,32)24-18-14-21(2)15-19-24/h3-19H,1-2H3. The number of fused-ring (bicyclic) bond motifs is 1. The fourth-order valence-electron chi connectivity index (χ4n) is 4.09. The molecule has 5 rings (SSSR count). The minimum absolute atomic E-state index is 0.236. The van der Waals surface area contributed by atoms with Gasteiger partial charge in [0.25, 0.3) is 0 Å². The molecular formula is C29H23NO2S. The van der Waals surface area contributed by atoms with Crippen LogP contribution in [0.1, 0.15) is 11.1 Å². The maximum Gasteiger partial charge on any atom is 0.209 e. The van der Waals surface area contributed by atoms with Crippen molar-refractivity contribution in [3.05, 3.63) is 114 Å². The topological polar surface area (TPSA) is 47.0 Å². The minimum Gasteiger partial charge on any atom is -0.246 e. The Labute approximate surface area is 194 Å². The maximum absolute atomic E-state index is 14.2. The first-order valence-corrected chi connectivity index (χ1v) is 12.3. The highest BCUT2D eigenvalue weighted by Crippen LogP contribution is 2.42. The van der Waals surface area contributed by atoms with Gasteiger partial charge < -0.3 is 0 Å². The molecular weight excluding hydrogens is 426 g/mol. The molecule has 0 saturated heterocycles. The molecule has 0 aliphatic heterocycles. The summed E-state index contributed by atoms with van der Waals surface area (Å²) in [6.07, 6.45) is 0. The van der Waals surface area contributed by atoms with Gasteiger partial charge in [0.15, 0.2) is 0 Å². The number of para-hydroxylation sites is 1. The molecule has 0 atom stereocenters. The number of hydrogen-bond donors (Lipinski definition) is 0.